The molecule has 0 aromatic heterocycles. The maximum atomic E-state index is 4.13. The molecule has 44 valence electrons. The summed E-state index contributed by atoms with van der Waals surface area (Å²) in [5.41, 5.74) is 1.51. The minimum absolute atomic E-state index is 0.980. The van der Waals surface area contributed by atoms with Crippen LogP contribution in [0.15, 0.2) is 23.8 Å². The van der Waals surface area contributed by atoms with Crippen molar-refractivity contribution in [1.82, 2.24) is 0 Å². The van der Waals surface area contributed by atoms with E-state index in [1.54, 1.807) is 0 Å². The smallest absolute Gasteiger partial charge is 0.00604 e. The number of thiol groups is 1. The van der Waals surface area contributed by atoms with Gasteiger partial charge in [-0.15, -0.1) is 0 Å². The van der Waals surface area contributed by atoms with Crippen molar-refractivity contribution in [3.05, 3.63) is 23.8 Å². The van der Waals surface area contributed by atoms with Gasteiger partial charge < -0.3 is 0 Å². The van der Waals surface area contributed by atoms with Gasteiger partial charge in [0, 0.05) is 0 Å². The zero-order valence-electron chi connectivity index (χ0n) is 4.80. The third kappa shape index (κ3) is 1.41. The zero-order chi connectivity index (χ0) is 5.82. The Kier molecular flexibility index (Phi) is 2.22. The normalized spacial score (nSPS) is 16.9. The maximum absolute atomic E-state index is 4.13. The molecule has 0 unspecified atom stereocenters. The Morgan fingerprint density at radius 2 is 2.50 bits per heavy atom. The van der Waals surface area contributed by atoms with Gasteiger partial charge in [-0.2, -0.15) is 12.6 Å². The summed E-state index contributed by atoms with van der Waals surface area (Å²) < 4.78 is 0. The van der Waals surface area contributed by atoms with Crippen LogP contribution in [0.1, 0.15) is 12.8 Å². The van der Waals surface area contributed by atoms with Gasteiger partial charge in [0.15, 0.2) is 0 Å². The van der Waals surface area contributed by atoms with Gasteiger partial charge in [-0.25, -0.2) is 0 Å². The van der Waals surface area contributed by atoms with E-state index in [9.17, 15) is 0 Å². The molecule has 0 aromatic rings. The fraction of sp³-hybridized carbons (Fsp3) is 0.429. The molecule has 1 aliphatic rings. The average molecular weight is 126 g/mol. The van der Waals surface area contributed by atoms with Crippen LogP contribution in [0.25, 0.3) is 0 Å². The number of rotatable bonds is 2. The van der Waals surface area contributed by atoms with Crippen LogP contribution < -0.4 is 0 Å². The Hall–Kier alpha value is -0.170. The molecule has 0 aromatic carbocycles. The highest BCUT2D eigenvalue weighted by Crippen LogP contribution is 2.13. The first-order valence-corrected chi connectivity index (χ1v) is 3.52. The molecule has 0 nitrogen and oxygen atoms in total. The molecule has 1 heteroatoms. The van der Waals surface area contributed by atoms with E-state index in [1.165, 1.54) is 5.57 Å². The van der Waals surface area contributed by atoms with Crippen molar-refractivity contribution in [1.29, 1.82) is 0 Å². The molecule has 0 saturated carbocycles. The predicted octanol–water partition coefficient (Wildman–Crippen LogP) is 2.19. The van der Waals surface area contributed by atoms with E-state index >= 15 is 0 Å². The minimum atomic E-state index is 0.980. The number of allylic oxidation sites excluding steroid dienone is 4. The topological polar surface area (TPSA) is 0 Å². The van der Waals surface area contributed by atoms with E-state index in [1.807, 2.05) is 0 Å². The van der Waals surface area contributed by atoms with E-state index in [2.05, 4.69) is 30.9 Å². The summed E-state index contributed by atoms with van der Waals surface area (Å²) in [5.74, 6) is 0.980. The summed E-state index contributed by atoms with van der Waals surface area (Å²) in [7, 11) is 0. The van der Waals surface area contributed by atoms with Crippen molar-refractivity contribution >= 4 is 12.6 Å². The highest BCUT2D eigenvalue weighted by molar-refractivity contribution is 7.80. The van der Waals surface area contributed by atoms with Crippen molar-refractivity contribution in [3.8, 4) is 0 Å². The van der Waals surface area contributed by atoms with Gasteiger partial charge in [0.05, 0.1) is 0 Å². The van der Waals surface area contributed by atoms with E-state index in [-0.39, 0.29) is 0 Å². The molecule has 0 aliphatic heterocycles. The van der Waals surface area contributed by atoms with Crippen molar-refractivity contribution in [2.45, 2.75) is 12.8 Å². The fourth-order valence-electron chi connectivity index (χ4n) is 0.821. The van der Waals surface area contributed by atoms with Crippen molar-refractivity contribution in [2.75, 3.05) is 5.75 Å². The van der Waals surface area contributed by atoms with Crippen molar-refractivity contribution in [3.63, 3.8) is 0 Å². The molecule has 0 atom stereocenters. The Bertz CT molecular complexity index is 122. The van der Waals surface area contributed by atoms with Crippen molar-refractivity contribution in [2.24, 2.45) is 0 Å². The van der Waals surface area contributed by atoms with E-state index in [4.69, 9.17) is 0 Å². The molecule has 0 heterocycles. The first kappa shape index (κ1) is 5.96. The molecular formula is C7H10S. The van der Waals surface area contributed by atoms with Crippen LogP contribution in [-0.2, 0) is 0 Å². The van der Waals surface area contributed by atoms with Crippen LogP contribution in [0.3, 0.4) is 0 Å². The minimum Gasteiger partial charge on any atom is -0.179 e. The second kappa shape index (κ2) is 2.98. The SMILES string of the molecule is SCCC1=CC=CC1. The second-order valence-corrected chi connectivity index (χ2v) is 2.38. The van der Waals surface area contributed by atoms with Gasteiger partial charge in [0.1, 0.15) is 0 Å². The monoisotopic (exact) mass is 126 g/mol. The maximum Gasteiger partial charge on any atom is -0.00604 e. The molecule has 0 amide bonds. The standard InChI is InChI=1S/C7H10S/c8-6-5-7-3-1-2-4-7/h1-3,8H,4-6H2. The number of hydrogen-bond acceptors (Lipinski definition) is 1. The number of hydrogen-bond donors (Lipinski definition) is 1. The van der Waals surface area contributed by atoms with E-state index < -0.39 is 0 Å². The summed E-state index contributed by atoms with van der Waals surface area (Å²) in [5, 5.41) is 0. The third-order valence-corrected chi connectivity index (χ3v) is 1.50. The van der Waals surface area contributed by atoms with Crippen LogP contribution in [-0.4, -0.2) is 5.75 Å². The van der Waals surface area contributed by atoms with Gasteiger partial charge in [-0.3, -0.25) is 0 Å². The van der Waals surface area contributed by atoms with Gasteiger partial charge in [0.2, 0.25) is 0 Å². The quantitative estimate of drug-likeness (QED) is 0.539. The molecule has 8 heavy (non-hydrogen) atoms. The summed E-state index contributed by atoms with van der Waals surface area (Å²) >= 11 is 4.13. The Morgan fingerprint density at radius 1 is 1.62 bits per heavy atom. The highest BCUT2D eigenvalue weighted by Gasteiger charge is 1.95. The second-order valence-electron chi connectivity index (χ2n) is 1.93. The lowest BCUT2D eigenvalue weighted by Crippen LogP contribution is -1.77. The first-order chi connectivity index (χ1) is 3.93. The lowest BCUT2D eigenvalue weighted by Gasteiger charge is -1.93. The summed E-state index contributed by atoms with van der Waals surface area (Å²) in [6.07, 6.45) is 8.77. The van der Waals surface area contributed by atoms with Crippen LogP contribution >= 0.6 is 12.6 Å². The van der Waals surface area contributed by atoms with Gasteiger partial charge in [-0.05, 0) is 18.6 Å². The van der Waals surface area contributed by atoms with Gasteiger partial charge >= 0.3 is 0 Å². The molecular weight excluding hydrogens is 116 g/mol. The zero-order valence-corrected chi connectivity index (χ0v) is 5.70. The Labute approximate surface area is 55.7 Å². The van der Waals surface area contributed by atoms with Crippen LogP contribution in [0.5, 0.6) is 0 Å². The summed E-state index contributed by atoms with van der Waals surface area (Å²) in [6, 6.07) is 0. The molecule has 0 radical (unpaired) electrons. The lowest BCUT2D eigenvalue weighted by molar-refractivity contribution is 1.07. The van der Waals surface area contributed by atoms with Crippen molar-refractivity contribution < 1.29 is 0 Å². The molecule has 0 fully saturated rings. The molecule has 0 spiro atoms. The lowest BCUT2D eigenvalue weighted by atomic mass is 10.2. The van der Waals surface area contributed by atoms with E-state index in [0.29, 0.717) is 0 Å². The fourth-order valence-corrected chi connectivity index (χ4v) is 1.11. The largest absolute Gasteiger partial charge is 0.179 e. The highest BCUT2D eigenvalue weighted by atomic mass is 32.1. The molecule has 0 saturated heterocycles. The average Bonchev–Trinajstić information content (AvgIpc) is 2.19. The predicted molar refractivity (Wildman–Crippen MR) is 40.3 cm³/mol. The molecule has 1 rings (SSSR count). The first-order valence-electron chi connectivity index (χ1n) is 2.89. The molecule has 0 N–H and O–H groups in total. The van der Waals surface area contributed by atoms with E-state index in [0.717, 1.165) is 18.6 Å². The molecule has 0 bridgehead atoms. The van der Waals surface area contributed by atoms with Crippen LogP contribution in [0.4, 0.5) is 0 Å². The van der Waals surface area contributed by atoms with Crippen LogP contribution in [0.2, 0.25) is 0 Å². The van der Waals surface area contributed by atoms with Gasteiger partial charge in [0.25, 0.3) is 0 Å². The van der Waals surface area contributed by atoms with Crippen LogP contribution in [0, 0.1) is 0 Å². The Morgan fingerprint density at radius 3 is 3.00 bits per heavy atom. The van der Waals surface area contributed by atoms with Gasteiger partial charge in [-0.1, -0.05) is 23.8 Å². The molecule has 1 aliphatic carbocycles. The Balaban J connectivity index is 2.28. The third-order valence-electron chi connectivity index (χ3n) is 1.28. The summed E-state index contributed by atoms with van der Waals surface area (Å²) in [6.45, 7) is 0. The summed E-state index contributed by atoms with van der Waals surface area (Å²) in [4.78, 5) is 0.